The van der Waals surface area contributed by atoms with E-state index in [2.05, 4.69) is 10.3 Å². The maximum Gasteiger partial charge on any atom is 0.307 e. The van der Waals surface area contributed by atoms with Crippen LogP contribution in [0.4, 0.5) is 5.69 Å². The highest BCUT2D eigenvalue weighted by Gasteiger charge is 2.11. The van der Waals surface area contributed by atoms with Crippen molar-refractivity contribution in [3.63, 3.8) is 0 Å². The predicted octanol–water partition coefficient (Wildman–Crippen LogP) is 2.61. The van der Waals surface area contributed by atoms with E-state index in [0.717, 1.165) is 16.9 Å². The first-order valence-corrected chi connectivity index (χ1v) is 7.55. The van der Waals surface area contributed by atoms with Crippen molar-refractivity contribution in [2.75, 3.05) is 5.32 Å². The molecule has 0 radical (unpaired) electrons. The van der Waals surface area contributed by atoms with Crippen molar-refractivity contribution in [2.45, 2.75) is 19.9 Å². The van der Waals surface area contributed by atoms with Gasteiger partial charge in [0.1, 0.15) is 12.4 Å². The van der Waals surface area contributed by atoms with Gasteiger partial charge >= 0.3 is 5.97 Å². The molecule has 0 aliphatic heterocycles. The number of hydrogen-bond acceptors (Lipinski definition) is 3. The zero-order chi connectivity index (χ0) is 17.1. The Balaban J connectivity index is 1.71. The number of aromatic nitrogens is 2. The summed E-state index contributed by atoms with van der Waals surface area (Å²) in [5.74, 6) is -0.260. The molecule has 3 aromatic rings. The van der Waals surface area contributed by atoms with E-state index in [9.17, 15) is 9.59 Å². The van der Waals surface area contributed by atoms with Crippen molar-refractivity contribution in [1.82, 2.24) is 9.55 Å². The van der Waals surface area contributed by atoms with Crippen molar-refractivity contribution >= 4 is 28.6 Å². The second kappa shape index (κ2) is 6.54. The number of anilines is 1. The van der Waals surface area contributed by atoms with Gasteiger partial charge in [0.2, 0.25) is 5.91 Å². The average molecular weight is 323 g/mol. The number of aryl methyl sites for hydroxylation is 1. The van der Waals surface area contributed by atoms with Crippen LogP contribution >= 0.6 is 0 Å². The van der Waals surface area contributed by atoms with E-state index in [4.69, 9.17) is 5.11 Å². The molecule has 2 aromatic carbocycles. The Morgan fingerprint density at radius 1 is 1.12 bits per heavy atom. The summed E-state index contributed by atoms with van der Waals surface area (Å²) in [7, 11) is 0. The highest BCUT2D eigenvalue weighted by molar-refractivity contribution is 5.91. The Morgan fingerprint density at radius 3 is 2.54 bits per heavy atom. The Kier molecular flexibility index (Phi) is 4.29. The Morgan fingerprint density at radius 2 is 1.83 bits per heavy atom. The molecule has 6 nitrogen and oxygen atoms in total. The van der Waals surface area contributed by atoms with Crippen molar-refractivity contribution < 1.29 is 14.7 Å². The van der Waals surface area contributed by atoms with Gasteiger partial charge in [-0.05, 0) is 36.8 Å². The van der Waals surface area contributed by atoms with E-state index < -0.39 is 5.97 Å². The van der Waals surface area contributed by atoms with Crippen LogP contribution in [0, 0.1) is 6.92 Å². The Hall–Kier alpha value is -3.15. The number of carboxylic acids is 1. The Bertz CT molecular complexity index is 898. The molecule has 0 saturated carbocycles. The molecule has 24 heavy (non-hydrogen) atoms. The standard InChI is InChI=1S/C18H17N3O3/c1-12-19-15-4-2-3-5-16(15)21(12)11-17(22)20-14-8-6-13(7-9-14)10-18(23)24/h2-9H,10-11H2,1H3,(H,20,22)(H,23,24). The third-order valence-corrected chi connectivity index (χ3v) is 3.74. The fraction of sp³-hybridized carbons (Fsp3) is 0.167. The zero-order valence-electron chi connectivity index (χ0n) is 13.2. The molecule has 0 unspecified atom stereocenters. The van der Waals surface area contributed by atoms with Crippen LogP contribution in [-0.2, 0) is 22.6 Å². The third-order valence-electron chi connectivity index (χ3n) is 3.74. The van der Waals surface area contributed by atoms with E-state index in [-0.39, 0.29) is 18.9 Å². The molecule has 0 fully saturated rings. The summed E-state index contributed by atoms with van der Waals surface area (Å²) in [4.78, 5) is 27.4. The normalized spacial score (nSPS) is 10.7. The molecule has 0 atom stereocenters. The van der Waals surface area contributed by atoms with Gasteiger partial charge in [0.25, 0.3) is 0 Å². The molecule has 0 aliphatic carbocycles. The molecule has 1 aromatic heterocycles. The fourth-order valence-corrected chi connectivity index (χ4v) is 2.62. The number of para-hydroxylation sites is 2. The van der Waals surface area contributed by atoms with Gasteiger partial charge in [0, 0.05) is 5.69 Å². The number of carbonyl (C=O) groups excluding carboxylic acids is 1. The van der Waals surface area contributed by atoms with E-state index in [1.54, 1.807) is 24.3 Å². The maximum atomic E-state index is 12.3. The van der Waals surface area contributed by atoms with E-state index in [0.29, 0.717) is 11.3 Å². The molecule has 0 spiro atoms. The molecule has 0 aliphatic rings. The monoisotopic (exact) mass is 323 g/mol. The number of carbonyl (C=O) groups is 2. The number of nitrogens with zero attached hydrogens (tertiary/aromatic N) is 2. The zero-order valence-corrected chi connectivity index (χ0v) is 13.2. The lowest BCUT2D eigenvalue weighted by Crippen LogP contribution is -2.19. The molecule has 2 N–H and O–H groups in total. The van der Waals surface area contributed by atoms with Crippen LogP contribution in [0.5, 0.6) is 0 Å². The van der Waals surface area contributed by atoms with Crippen LogP contribution in [0.2, 0.25) is 0 Å². The number of imidazole rings is 1. The molecule has 122 valence electrons. The number of nitrogens with one attached hydrogen (secondary N) is 1. The predicted molar refractivity (Wildman–Crippen MR) is 90.9 cm³/mol. The van der Waals surface area contributed by atoms with E-state index in [1.807, 2.05) is 35.8 Å². The van der Waals surface area contributed by atoms with E-state index in [1.165, 1.54) is 0 Å². The lowest BCUT2D eigenvalue weighted by atomic mass is 10.1. The largest absolute Gasteiger partial charge is 0.481 e. The molecule has 1 amide bonds. The highest BCUT2D eigenvalue weighted by Crippen LogP contribution is 2.16. The first-order valence-electron chi connectivity index (χ1n) is 7.55. The van der Waals surface area contributed by atoms with Gasteiger partial charge in [0.05, 0.1) is 17.5 Å². The summed E-state index contributed by atoms with van der Waals surface area (Å²) >= 11 is 0. The van der Waals surface area contributed by atoms with Crippen LogP contribution in [0.1, 0.15) is 11.4 Å². The average Bonchev–Trinajstić information content (AvgIpc) is 2.85. The van der Waals surface area contributed by atoms with Crippen molar-refractivity contribution in [3.8, 4) is 0 Å². The van der Waals surface area contributed by atoms with Crippen molar-refractivity contribution in [3.05, 3.63) is 59.9 Å². The highest BCUT2D eigenvalue weighted by atomic mass is 16.4. The maximum absolute atomic E-state index is 12.3. The third kappa shape index (κ3) is 3.43. The number of carboxylic acid groups (broad SMARTS) is 1. The Labute approximate surface area is 138 Å². The van der Waals surface area contributed by atoms with Gasteiger partial charge in [0.15, 0.2) is 0 Å². The number of aliphatic carboxylic acids is 1. The molecular formula is C18H17N3O3. The van der Waals surface area contributed by atoms with Crippen LogP contribution in [0.25, 0.3) is 11.0 Å². The number of hydrogen-bond donors (Lipinski definition) is 2. The molecule has 0 bridgehead atoms. The van der Waals surface area contributed by atoms with Crippen molar-refractivity contribution in [2.24, 2.45) is 0 Å². The van der Waals surface area contributed by atoms with Gasteiger partial charge in [-0.1, -0.05) is 24.3 Å². The summed E-state index contributed by atoms with van der Waals surface area (Å²) in [6.45, 7) is 2.04. The van der Waals surface area contributed by atoms with Crippen LogP contribution in [0.3, 0.4) is 0 Å². The molecule has 3 rings (SSSR count). The van der Waals surface area contributed by atoms with Crippen LogP contribution in [-0.4, -0.2) is 26.5 Å². The fourth-order valence-electron chi connectivity index (χ4n) is 2.62. The quantitative estimate of drug-likeness (QED) is 0.756. The molecule has 0 saturated heterocycles. The lowest BCUT2D eigenvalue weighted by Gasteiger charge is -2.09. The second-order valence-corrected chi connectivity index (χ2v) is 5.55. The van der Waals surface area contributed by atoms with Crippen LogP contribution in [0.15, 0.2) is 48.5 Å². The summed E-state index contributed by atoms with van der Waals surface area (Å²) in [5, 5.41) is 11.6. The molecular weight excluding hydrogens is 306 g/mol. The number of benzene rings is 2. The SMILES string of the molecule is Cc1nc2ccccc2n1CC(=O)Nc1ccc(CC(=O)O)cc1. The smallest absolute Gasteiger partial charge is 0.307 e. The summed E-state index contributed by atoms with van der Waals surface area (Å²) in [5.41, 5.74) is 3.11. The lowest BCUT2D eigenvalue weighted by molar-refractivity contribution is -0.136. The van der Waals surface area contributed by atoms with Gasteiger partial charge < -0.3 is 15.0 Å². The number of amides is 1. The van der Waals surface area contributed by atoms with Crippen molar-refractivity contribution in [1.29, 1.82) is 0 Å². The van der Waals surface area contributed by atoms with Gasteiger partial charge in [-0.3, -0.25) is 9.59 Å². The minimum absolute atomic E-state index is 0.0333. The van der Waals surface area contributed by atoms with Gasteiger partial charge in [-0.2, -0.15) is 0 Å². The van der Waals surface area contributed by atoms with E-state index >= 15 is 0 Å². The van der Waals surface area contributed by atoms with Crippen LogP contribution < -0.4 is 5.32 Å². The first kappa shape index (κ1) is 15.7. The minimum Gasteiger partial charge on any atom is -0.481 e. The number of fused-ring (bicyclic) bond motifs is 1. The summed E-state index contributed by atoms with van der Waals surface area (Å²) in [6, 6.07) is 14.5. The topological polar surface area (TPSA) is 84.2 Å². The minimum atomic E-state index is -0.880. The van der Waals surface area contributed by atoms with Gasteiger partial charge in [-0.15, -0.1) is 0 Å². The summed E-state index contributed by atoms with van der Waals surface area (Å²) in [6.07, 6.45) is -0.0333. The second-order valence-electron chi connectivity index (χ2n) is 5.55. The summed E-state index contributed by atoms with van der Waals surface area (Å²) < 4.78 is 1.86. The molecule has 1 heterocycles. The first-order chi connectivity index (χ1) is 11.5. The molecule has 6 heteroatoms. The van der Waals surface area contributed by atoms with Gasteiger partial charge in [-0.25, -0.2) is 4.98 Å². The number of rotatable bonds is 5.